The van der Waals surface area contributed by atoms with Gasteiger partial charge < -0.3 is 4.55 Å². The highest BCUT2D eigenvalue weighted by Crippen LogP contribution is 2.25. The van der Waals surface area contributed by atoms with Gasteiger partial charge in [0, 0.05) is 0 Å². The Kier molecular flexibility index (Phi) is 3.18. The lowest BCUT2D eigenvalue weighted by molar-refractivity contribution is 0.421. The highest BCUT2D eigenvalue weighted by atomic mass is 32.2. The number of nitrogens with zero attached hydrogens (tertiary/aromatic N) is 1. The van der Waals surface area contributed by atoms with Gasteiger partial charge in [-0.3, -0.25) is 0 Å². The van der Waals surface area contributed by atoms with E-state index >= 15 is 0 Å². The summed E-state index contributed by atoms with van der Waals surface area (Å²) in [6.07, 6.45) is 5.64. The highest BCUT2D eigenvalue weighted by Gasteiger charge is 2.26. The van der Waals surface area contributed by atoms with E-state index in [-0.39, 0.29) is 4.75 Å². The Morgan fingerprint density at radius 1 is 1.42 bits per heavy atom. The first-order chi connectivity index (χ1) is 5.50. The van der Waals surface area contributed by atoms with Crippen molar-refractivity contribution in [1.82, 2.24) is 0 Å². The molecule has 0 aromatic rings. The molecule has 0 aromatic heterocycles. The summed E-state index contributed by atoms with van der Waals surface area (Å²) in [7, 11) is 0. The first-order valence-corrected chi connectivity index (χ1v) is 5.57. The average molecular weight is 187 g/mol. The first kappa shape index (κ1) is 10.1. The van der Waals surface area contributed by atoms with E-state index in [0.29, 0.717) is 5.92 Å². The molecule has 0 radical (unpaired) electrons. The van der Waals surface area contributed by atoms with E-state index in [4.69, 9.17) is 0 Å². The van der Waals surface area contributed by atoms with Crippen molar-refractivity contribution in [3.05, 3.63) is 0 Å². The molecule has 0 spiro atoms. The Labute approximate surface area is 77.8 Å². The maximum Gasteiger partial charge on any atom is 0.144 e. The third kappa shape index (κ3) is 2.79. The fraction of sp³-hybridized carbons (Fsp3) is 0.889. The summed E-state index contributed by atoms with van der Waals surface area (Å²) in [5, 5.41) is 0. The Hall–Kier alpha value is -0.0200. The maximum absolute atomic E-state index is 11.4. The van der Waals surface area contributed by atoms with Gasteiger partial charge in [-0.2, -0.15) is 0 Å². The van der Waals surface area contributed by atoms with E-state index in [0.717, 1.165) is 0 Å². The number of rotatable bonds is 2. The molecule has 0 bridgehead atoms. The van der Waals surface area contributed by atoms with Gasteiger partial charge in [0.05, 0.1) is 6.21 Å². The Morgan fingerprint density at radius 3 is 2.33 bits per heavy atom. The van der Waals surface area contributed by atoms with Gasteiger partial charge in [-0.1, -0.05) is 10.8 Å². The fourth-order valence-electron chi connectivity index (χ4n) is 0.888. The van der Waals surface area contributed by atoms with E-state index in [1.54, 1.807) is 0 Å². The molecule has 0 aromatic carbocycles. The lowest BCUT2D eigenvalue weighted by Gasteiger charge is -2.22. The zero-order valence-corrected chi connectivity index (χ0v) is 8.86. The Bertz CT molecular complexity index is 170. The molecule has 0 unspecified atom stereocenters. The van der Waals surface area contributed by atoms with Gasteiger partial charge in [-0.15, -0.1) is 0 Å². The van der Waals surface area contributed by atoms with Gasteiger partial charge in [0.25, 0.3) is 0 Å². The summed E-state index contributed by atoms with van der Waals surface area (Å²) in [6.45, 7) is 5.84. The number of hydrogen-bond acceptors (Lipinski definition) is 2. The monoisotopic (exact) mass is 187 g/mol. The summed E-state index contributed by atoms with van der Waals surface area (Å²) < 4.78 is 15.3. The van der Waals surface area contributed by atoms with Crippen LogP contribution in [0.25, 0.3) is 0 Å². The van der Waals surface area contributed by atoms with E-state index in [2.05, 4.69) is 4.40 Å². The van der Waals surface area contributed by atoms with Crippen LogP contribution in [0.1, 0.15) is 40.0 Å². The average Bonchev–Trinajstić information content (AvgIpc) is 1.81. The van der Waals surface area contributed by atoms with Crippen LogP contribution in [0, 0.1) is 5.92 Å². The largest absolute Gasteiger partial charge is 0.591 e. The molecular weight excluding hydrogens is 170 g/mol. The van der Waals surface area contributed by atoms with E-state index in [9.17, 15) is 4.55 Å². The summed E-state index contributed by atoms with van der Waals surface area (Å²) in [6, 6.07) is 0. The molecule has 0 saturated heterocycles. The van der Waals surface area contributed by atoms with Crippen LogP contribution < -0.4 is 0 Å². The van der Waals surface area contributed by atoms with E-state index < -0.39 is 11.4 Å². The van der Waals surface area contributed by atoms with Gasteiger partial charge in [0.1, 0.15) is 16.1 Å². The fourth-order valence-corrected chi connectivity index (χ4v) is 1.49. The van der Waals surface area contributed by atoms with Crippen molar-refractivity contribution < 1.29 is 4.55 Å². The summed E-state index contributed by atoms with van der Waals surface area (Å²) in [5.74, 6) is 0.608. The molecule has 1 fully saturated rings. The lowest BCUT2D eigenvalue weighted by Crippen LogP contribution is -2.26. The Morgan fingerprint density at radius 2 is 2.00 bits per heavy atom. The van der Waals surface area contributed by atoms with Crippen molar-refractivity contribution >= 4 is 17.6 Å². The smallest absolute Gasteiger partial charge is 0.144 e. The molecule has 0 aliphatic heterocycles. The predicted octanol–water partition coefficient (Wildman–Crippen LogP) is 2.32. The molecule has 1 saturated carbocycles. The molecule has 0 heterocycles. The van der Waals surface area contributed by atoms with Gasteiger partial charge in [-0.05, 0) is 39.5 Å². The minimum Gasteiger partial charge on any atom is -0.591 e. The summed E-state index contributed by atoms with van der Waals surface area (Å²) in [5.41, 5.74) is 0. The molecule has 0 amide bonds. The molecule has 2 nitrogen and oxygen atoms in total. The summed E-state index contributed by atoms with van der Waals surface area (Å²) >= 11 is -1.06. The molecule has 1 rings (SSSR count). The molecular formula is C9H17NOS. The highest BCUT2D eigenvalue weighted by molar-refractivity contribution is 7.91. The third-order valence-electron chi connectivity index (χ3n) is 2.04. The zero-order chi connectivity index (χ0) is 9.19. The van der Waals surface area contributed by atoms with Crippen LogP contribution >= 0.6 is 0 Å². The lowest BCUT2D eigenvalue weighted by atomic mass is 9.87. The molecule has 12 heavy (non-hydrogen) atoms. The van der Waals surface area contributed by atoms with Crippen LogP contribution in [0.3, 0.4) is 0 Å². The van der Waals surface area contributed by atoms with Crippen molar-refractivity contribution in [2.24, 2.45) is 10.3 Å². The maximum atomic E-state index is 11.4. The van der Waals surface area contributed by atoms with Crippen molar-refractivity contribution in [3.8, 4) is 0 Å². The van der Waals surface area contributed by atoms with Crippen LogP contribution in [-0.2, 0) is 11.4 Å². The quantitative estimate of drug-likeness (QED) is 0.482. The predicted molar refractivity (Wildman–Crippen MR) is 53.7 cm³/mol. The van der Waals surface area contributed by atoms with Crippen molar-refractivity contribution in [2.75, 3.05) is 0 Å². The van der Waals surface area contributed by atoms with Crippen LogP contribution in [0.15, 0.2) is 4.40 Å². The molecule has 70 valence electrons. The normalized spacial score (nSPS) is 22.7. The van der Waals surface area contributed by atoms with Crippen LogP contribution in [0.2, 0.25) is 0 Å². The van der Waals surface area contributed by atoms with Gasteiger partial charge in [0.2, 0.25) is 0 Å². The van der Waals surface area contributed by atoms with Crippen LogP contribution in [0.5, 0.6) is 0 Å². The van der Waals surface area contributed by atoms with Crippen LogP contribution in [0.4, 0.5) is 0 Å². The van der Waals surface area contributed by atoms with Gasteiger partial charge in [-0.25, -0.2) is 0 Å². The Balaban J connectivity index is 2.33. The van der Waals surface area contributed by atoms with Crippen LogP contribution in [-0.4, -0.2) is 15.5 Å². The van der Waals surface area contributed by atoms with Crippen molar-refractivity contribution in [1.29, 1.82) is 0 Å². The minimum absolute atomic E-state index is 0.208. The summed E-state index contributed by atoms with van der Waals surface area (Å²) in [4.78, 5) is 0. The van der Waals surface area contributed by atoms with Crippen molar-refractivity contribution in [3.63, 3.8) is 0 Å². The molecule has 0 N–H and O–H groups in total. The second-order valence-electron chi connectivity index (χ2n) is 4.31. The van der Waals surface area contributed by atoms with E-state index in [1.165, 1.54) is 19.3 Å². The van der Waals surface area contributed by atoms with Crippen molar-refractivity contribution in [2.45, 2.75) is 44.8 Å². The topological polar surface area (TPSA) is 35.4 Å². The number of hydrogen-bond donors (Lipinski definition) is 0. The SMILES string of the molecule is CC(C)(C)[S@@+]([O-])N=CC1CCC1. The third-order valence-corrected chi connectivity index (χ3v) is 3.40. The minimum atomic E-state index is -1.06. The second kappa shape index (κ2) is 3.79. The molecule has 1 aliphatic rings. The molecule has 1 atom stereocenters. The van der Waals surface area contributed by atoms with E-state index in [1.807, 2.05) is 27.0 Å². The zero-order valence-electron chi connectivity index (χ0n) is 8.04. The second-order valence-corrected chi connectivity index (χ2v) is 6.24. The van der Waals surface area contributed by atoms with Gasteiger partial charge >= 0.3 is 0 Å². The molecule has 1 aliphatic carbocycles. The first-order valence-electron chi connectivity index (χ1n) is 4.46. The van der Waals surface area contributed by atoms with Gasteiger partial charge in [0.15, 0.2) is 0 Å². The molecule has 3 heteroatoms. The standard InChI is InChI=1S/C9H17NOS/c1-9(2,3)12(11)10-7-8-5-4-6-8/h7-8H,4-6H2,1-3H3/t12-/m1/s1.